The van der Waals surface area contributed by atoms with Gasteiger partial charge in [-0.15, -0.1) is 0 Å². The number of carbonyl (C=O) groups is 4. The second-order valence-electron chi connectivity index (χ2n) is 9.59. The van der Waals surface area contributed by atoms with Gasteiger partial charge in [-0.25, -0.2) is 4.79 Å². The molecule has 2 aromatic rings. The number of urea groups is 1. The van der Waals surface area contributed by atoms with Crippen molar-refractivity contribution in [3.8, 4) is 0 Å². The zero-order valence-corrected chi connectivity index (χ0v) is 19.9. The highest BCUT2D eigenvalue weighted by atomic mass is 16.2. The molecule has 182 valence electrons. The SMILES string of the molecule is CCC(=O)Nc1ccc2c(c1)C[C@@]1(C(=O)NC(=O)N(Cc3ccccc3)C1=O)[C@@H]1CCCCCN21. The molecule has 0 saturated carbocycles. The summed E-state index contributed by atoms with van der Waals surface area (Å²) < 4.78 is 0. The number of hydrogen-bond acceptors (Lipinski definition) is 5. The van der Waals surface area contributed by atoms with E-state index >= 15 is 0 Å². The van der Waals surface area contributed by atoms with E-state index in [1.807, 2.05) is 48.5 Å². The topological polar surface area (TPSA) is 98.8 Å². The fourth-order valence-electron chi connectivity index (χ4n) is 5.73. The van der Waals surface area contributed by atoms with Crippen molar-refractivity contribution in [1.82, 2.24) is 10.2 Å². The smallest absolute Gasteiger partial charge is 0.331 e. The molecule has 2 N–H and O–H groups in total. The molecule has 8 heteroatoms. The summed E-state index contributed by atoms with van der Waals surface area (Å²) in [5.74, 6) is -1.07. The van der Waals surface area contributed by atoms with Crippen LogP contribution in [-0.4, -0.2) is 41.2 Å². The molecule has 5 amide bonds. The van der Waals surface area contributed by atoms with E-state index in [0.29, 0.717) is 18.5 Å². The van der Waals surface area contributed by atoms with E-state index in [2.05, 4.69) is 15.5 Å². The molecule has 3 heterocycles. The molecule has 5 rings (SSSR count). The Balaban J connectivity index is 1.58. The van der Waals surface area contributed by atoms with Gasteiger partial charge in [0.2, 0.25) is 17.7 Å². The Morgan fingerprint density at radius 1 is 1.09 bits per heavy atom. The van der Waals surface area contributed by atoms with Gasteiger partial charge in [0.05, 0.1) is 12.6 Å². The van der Waals surface area contributed by atoms with E-state index in [9.17, 15) is 19.2 Å². The minimum Gasteiger partial charge on any atom is -0.367 e. The highest BCUT2D eigenvalue weighted by Gasteiger charge is 2.61. The van der Waals surface area contributed by atoms with E-state index in [4.69, 9.17) is 0 Å². The zero-order chi connectivity index (χ0) is 24.6. The standard InChI is InChI=1S/C27H30N4O4/c1-2-23(32)28-20-12-13-21-19(15-20)16-27(22-11-7-4-8-14-30(21)22)24(33)29-26(35)31(25(27)34)17-18-9-5-3-6-10-18/h3,5-6,9-10,12-13,15,22H,2,4,7-8,11,14,16-17H2,1H3,(H,28,32)(H,29,33,35)/t22-,27-/m0/s1. The van der Waals surface area contributed by atoms with Crippen molar-refractivity contribution < 1.29 is 19.2 Å². The lowest BCUT2D eigenvalue weighted by molar-refractivity contribution is -0.154. The lowest BCUT2D eigenvalue weighted by Gasteiger charge is -2.51. The van der Waals surface area contributed by atoms with Crippen LogP contribution in [0.3, 0.4) is 0 Å². The van der Waals surface area contributed by atoms with E-state index in [0.717, 1.165) is 42.6 Å². The highest BCUT2D eigenvalue weighted by molar-refractivity contribution is 6.20. The molecule has 2 saturated heterocycles. The number of benzene rings is 2. The van der Waals surface area contributed by atoms with E-state index < -0.39 is 23.3 Å². The Labute approximate surface area is 204 Å². The molecule has 2 aromatic carbocycles. The first-order valence-electron chi connectivity index (χ1n) is 12.3. The van der Waals surface area contributed by atoms with Crippen LogP contribution >= 0.6 is 0 Å². The van der Waals surface area contributed by atoms with E-state index in [1.54, 1.807) is 6.92 Å². The summed E-state index contributed by atoms with van der Waals surface area (Å²) >= 11 is 0. The lowest BCUT2D eigenvalue weighted by Crippen LogP contribution is -2.71. The van der Waals surface area contributed by atoms with Crippen LogP contribution in [-0.2, 0) is 27.3 Å². The van der Waals surface area contributed by atoms with Crippen LogP contribution in [0.2, 0.25) is 0 Å². The molecule has 0 bridgehead atoms. The Morgan fingerprint density at radius 3 is 2.66 bits per heavy atom. The summed E-state index contributed by atoms with van der Waals surface area (Å²) in [7, 11) is 0. The predicted octanol–water partition coefficient (Wildman–Crippen LogP) is 3.61. The largest absolute Gasteiger partial charge is 0.367 e. The quantitative estimate of drug-likeness (QED) is 0.660. The zero-order valence-electron chi connectivity index (χ0n) is 19.9. The van der Waals surface area contributed by atoms with Crippen LogP contribution in [0.5, 0.6) is 0 Å². The third-order valence-electron chi connectivity index (χ3n) is 7.47. The summed E-state index contributed by atoms with van der Waals surface area (Å²) in [6.07, 6.45) is 4.12. The average Bonchev–Trinajstić information content (AvgIpc) is 3.12. The predicted molar refractivity (Wildman–Crippen MR) is 132 cm³/mol. The van der Waals surface area contributed by atoms with Crippen LogP contribution in [0, 0.1) is 5.41 Å². The molecule has 1 spiro atoms. The molecule has 0 aliphatic carbocycles. The Bertz CT molecular complexity index is 1180. The van der Waals surface area contributed by atoms with E-state index in [1.165, 1.54) is 4.90 Å². The number of hydrogen-bond donors (Lipinski definition) is 2. The van der Waals surface area contributed by atoms with Gasteiger partial charge in [-0.3, -0.25) is 24.6 Å². The molecule has 0 radical (unpaired) electrons. The summed E-state index contributed by atoms with van der Waals surface area (Å²) in [5.41, 5.74) is 1.87. The number of nitrogens with one attached hydrogen (secondary N) is 2. The molecular formula is C27H30N4O4. The van der Waals surface area contributed by atoms with Gasteiger partial charge in [0.25, 0.3) is 0 Å². The summed E-state index contributed by atoms with van der Waals surface area (Å²) in [5, 5.41) is 5.39. The van der Waals surface area contributed by atoms with Gasteiger partial charge in [-0.05, 0) is 48.6 Å². The first-order valence-corrected chi connectivity index (χ1v) is 12.3. The molecule has 2 fully saturated rings. The number of fused-ring (bicyclic) bond motifs is 4. The minimum absolute atomic E-state index is 0.103. The first kappa shape index (κ1) is 23.1. The van der Waals surface area contributed by atoms with Gasteiger partial charge >= 0.3 is 6.03 Å². The fourth-order valence-corrected chi connectivity index (χ4v) is 5.73. The van der Waals surface area contributed by atoms with Crippen molar-refractivity contribution in [3.05, 3.63) is 59.7 Å². The normalized spacial score (nSPS) is 23.9. The molecule has 3 aliphatic heterocycles. The molecular weight excluding hydrogens is 444 g/mol. The van der Waals surface area contributed by atoms with Gasteiger partial charge in [-0.1, -0.05) is 50.1 Å². The molecule has 8 nitrogen and oxygen atoms in total. The van der Waals surface area contributed by atoms with Crippen LogP contribution in [0.25, 0.3) is 0 Å². The molecule has 0 unspecified atom stereocenters. The van der Waals surface area contributed by atoms with Gasteiger partial charge in [0.1, 0.15) is 0 Å². The van der Waals surface area contributed by atoms with Crippen LogP contribution < -0.4 is 15.5 Å². The van der Waals surface area contributed by atoms with Gasteiger partial charge in [-0.2, -0.15) is 0 Å². The van der Waals surface area contributed by atoms with Gasteiger partial charge < -0.3 is 10.2 Å². The number of barbiturate groups is 1. The van der Waals surface area contributed by atoms with E-state index in [-0.39, 0.29) is 24.9 Å². The second-order valence-corrected chi connectivity index (χ2v) is 9.59. The van der Waals surface area contributed by atoms with Crippen LogP contribution in [0.1, 0.15) is 50.2 Å². The minimum atomic E-state index is -1.41. The van der Waals surface area contributed by atoms with Crippen molar-refractivity contribution in [1.29, 1.82) is 0 Å². The molecule has 35 heavy (non-hydrogen) atoms. The summed E-state index contributed by atoms with van der Waals surface area (Å²) in [4.78, 5) is 56.0. The van der Waals surface area contributed by atoms with Crippen LogP contribution in [0.4, 0.5) is 16.2 Å². The molecule has 3 aliphatic rings. The number of imide groups is 2. The Kier molecular flexibility index (Phi) is 6.05. The number of anilines is 2. The Morgan fingerprint density at radius 2 is 1.89 bits per heavy atom. The lowest BCUT2D eigenvalue weighted by atomic mass is 9.67. The summed E-state index contributed by atoms with van der Waals surface area (Å²) in [6.45, 7) is 2.62. The third kappa shape index (κ3) is 3.96. The van der Waals surface area contributed by atoms with Gasteiger partial charge in [0, 0.05) is 24.3 Å². The van der Waals surface area contributed by atoms with Crippen molar-refractivity contribution >= 4 is 35.1 Å². The van der Waals surface area contributed by atoms with Crippen LogP contribution in [0.15, 0.2) is 48.5 Å². The monoisotopic (exact) mass is 474 g/mol. The number of amides is 5. The summed E-state index contributed by atoms with van der Waals surface area (Å²) in [6, 6.07) is 14.0. The maximum absolute atomic E-state index is 14.2. The number of carbonyl (C=O) groups excluding carboxylic acids is 4. The van der Waals surface area contributed by atoms with Crippen molar-refractivity contribution in [3.63, 3.8) is 0 Å². The van der Waals surface area contributed by atoms with Gasteiger partial charge in [0.15, 0.2) is 5.41 Å². The number of rotatable bonds is 4. The highest BCUT2D eigenvalue weighted by Crippen LogP contribution is 2.47. The van der Waals surface area contributed by atoms with Crippen molar-refractivity contribution in [2.75, 3.05) is 16.8 Å². The fraction of sp³-hybridized carbons (Fsp3) is 0.407. The third-order valence-corrected chi connectivity index (χ3v) is 7.47. The maximum Gasteiger partial charge on any atom is 0.331 e. The molecule has 2 atom stereocenters. The second kappa shape index (κ2) is 9.17. The number of nitrogens with zero attached hydrogens (tertiary/aromatic N) is 2. The molecule has 0 aromatic heterocycles. The Hall–Kier alpha value is -3.68. The average molecular weight is 475 g/mol. The first-order chi connectivity index (χ1) is 16.9. The maximum atomic E-state index is 14.2. The van der Waals surface area contributed by atoms with Crippen molar-refractivity contribution in [2.45, 2.75) is 58.0 Å². The van der Waals surface area contributed by atoms with Crippen molar-refractivity contribution in [2.24, 2.45) is 5.41 Å².